The molecule has 0 aliphatic rings. The van der Waals surface area contributed by atoms with Gasteiger partial charge < -0.3 is 14.8 Å². The quantitative estimate of drug-likeness (QED) is 0.488. The zero-order chi connectivity index (χ0) is 19.8. The first-order valence-electron chi connectivity index (χ1n) is 9.07. The predicted octanol–water partition coefficient (Wildman–Crippen LogP) is 5.66. The van der Waals surface area contributed by atoms with Crippen LogP contribution in [0.4, 0.5) is 0 Å². The highest BCUT2D eigenvalue weighted by molar-refractivity contribution is 6.32. The first kappa shape index (κ1) is 20.5. The Morgan fingerprint density at radius 1 is 0.929 bits per heavy atom. The molecule has 3 rings (SSSR count). The molecule has 6 heteroatoms. The molecule has 0 atom stereocenters. The number of halogens is 2. The Balaban J connectivity index is 1.67. The molecule has 1 heterocycles. The zero-order valence-corrected chi connectivity index (χ0v) is 17.1. The monoisotopic (exact) mass is 416 g/mol. The number of ether oxygens (including phenoxy) is 2. The van der Waals surface area contributed by atoms with Crippen LogP contribution in [0.3, 0.4) is 0 Å². The van der Waals surface area contributed by atoms with Crippen LogP contribution in [0.2, 0.25) is 10.0 Å². The van der Waals surface area contributed by atoms with Crippen LogP contribution in [-0.2, 0) is 19.7 Å². The molecule has 0 bridgehead atoms. The SMILES string of the molecule is CCOc1cc(CNCc2cccnc2)cc(Cl)c1OCc1ccc(Cl)cc1. The molecule has 0 saturated heterocycles. The third-order valence-electron chi connectivity index (χ3n) is 4.05. The van der Waals surface area contributed by atoms with Crippen molar-refractivity contribution in [3.05, 3.63) is 87.7 Å². The van der Waals surface area contributed by atoms with Crippen molar-refractivity contribution in [2.45, 2.75) is 26.6 Å². The van der Waals surface area contributed by atoms with E-state index in [1.54, 1.807) is 6.20 Å². The summed E-state index contributed by atoms with van der Waals surface area (Å²) in [6.07, 6.45) is 3.61. The second-order valence-corrected chi connectivity index (χ2v) is 7.06. The van der Waals surface area contributed by atoms with E-state index in [0.717, 1.165) is 23.2 Å². The van der Waals surface area contributed by atoms with Gasteiger partial charge in [0.05, 0.1) is 11.6 Å². The third-order valence-corrected chi connectivity index (χ3v) is 4.58. The number of benzene rings is 2. The van der Waals surface area contributed by atoms with Crippen molar-refractivity contribution in [2.24, 2.45) is 0 Å². The predicted molar refractivity (Wildman–Crippen MR) is 113 cm³/mol. The molecule has 0 amide bonds. The Kier molecular flexibility index (Phi) is 7.54. The van der Waals surface area contributed by atoms with Crippen LogP contribution in [0.15, 0.2) is 60.9 Å². The summed E-state index contributed by atoms with van der Waals surface area (Å²) in [6, 6.07) is 15.3. The molecular formula is C22H22Cl2N2O2. The summed E-state index contributed by atoms with van der Waals surface area (Å²) >= 11 is 12.4. The molecule has 0 radical (unpaired) electrons. The first-order valence-corrected chi connectivity index (χ1v) is 9.83. The fourth-order valence-corrected chi connectivity index (χ4v) is 3.13. The fraction of sp³-hybridized carbons (Fsp3) is 0.227. The topological polar surface area (TPSA) is 43.4 Å². The van der Waals surface area contributed by atoms with E-state index in [4.69, 9.17) is 32.7 Å². The van der Waals surface area contributed by atoms with Gasteiger partial charge in [-0.2, -0.15) is 0 Å². The van der Waals surface area contributed by atoms with Crippen LogP contribution in [-0.4, -0.2) is 11.6 Å². The van der Waals surface area contributed by atoms with Crippen molar-refractivity contribution < 1.29 is 9.47 Å². The molecule has 1 N–H and O–H groups in total. The third kappa shape index (κ3) is 5.86. The maximum atomic E-state index is 6.49. The molecule has 146 valence electrons. The highest BCUT2D eigenvalue weighted by Gasteiger charge is 2.13. The van der Waals surface area contributed by atoms with E-state index in [0.29, 0.717) is 41.3 Å². The number of rotatable bonds is 9. The van der Waals surface area contributed by atoms with Gasteiger partial charge in [0.25, 0.3) is 0 Å². The Hall–Kier alpha value is -2.27. The molecule has 4 nitrogen and oxygen atoms in total. The van der Waals surface area contributed by atoms with Crippen LogP contribution < -0.4 is 14.8 Å². The highest BCUT2D eigenvalue weighted by Crippen LogP contribution is 2.37. The molecule has 0 spiro atoms. The van der Waals surface area contributed by atoms with E-state index in [1.807, 2.05) is 61.7 Å². The normalized spacial score (nSPS) is 10.7. The summed E-state index contributed by atoms with van der Waals surface area (Å²) in [4.78, 5) is 4.12. The molecular weight excluding hydrogens is 395 g/mol. The summed E-state index contributed by atoms with van der Waals surface area (Å²) in [6.45, 7) is 4.23. The number of hydrogen-bond donors (Lipinski definition) is 1. The molecule has 3 aromatic rings. The standard InChI is InChI=1S/C22H22Cl2N2O2/c1-2-27-21-11-18(14-26-13-17-4-3-9-25-12-17)10-20(24)22(21)28-15-16-5-7-19(23)8-6-16/h3-12,26H,2,13-15H2,1H3. The van der Waals surface area contributed by atoms with Crippen molar-refractivity contribution in [1.29, 1.82) is 0 Å². The zero-order valence-electron chi connectivity index (χ0n) is 15.6. The average Bonchev–Trinajstić information content (AvgIpc) is 2.70. The molecule has 0 unspecified atom stereocenters. The lowest BCUT2D eigenvalue weighted by Crippen LogP contribution is -2.13. The fourth-order valence-electron chi connectivity index (χ4n) is 2.72. The molecule has 0 fully saturated rings. The maximum absolute atomic E-state index is 6.49. The van der Waals surface area contributed by atoms with Gasteiger partial charge in [0.15, 0.2) is 11.5 Å². The minimum absolute atomic E-state index is 0.384. The number of pyridine rings is 1. The summed E-state index contributed by atoms with van der Waals surface area (Å²) in [5.74, 6) is 1.19. The van der Waals surface area contributed by atoms with E-state index in [9.17, 15) is 0 Å². The number of nitrogens with zero attached hydrogens (tertiary/aromatic N) is 1. The van der Waals surface area contributed by atoms with E-state index < -0.39 is 0 Å². The summed E-state index contributed by atoms with van der Waals surface area (Å²) in [5.41, 5.74) is 3.16. The van der Waals surface area contributed by atoms with Gasteiger partial charge in [0.2, 0.25) is 0 Å². The first-order chi connectivity index (χ1) is 13.7. The Morgan fingerprint density at radius 2 is 1.71 bits per heavy atom. The van der Waals surface area contributed by atoms with Gasteiger partial charge in [-0.05, 0) is 53.9 Å². The van der Waals surface area contributed by atoms with Gasteiger partial charge in [-0.1, -0.05) is 41.4 Å². The molecule has 28 heavy (non-hydrogen) atoms. The van der Waals surface area contributed by atoms with Crippen molar-refractivity contribution in [2.75, 3.05) is 6.61 Å². The van der Waals surface area contributed by atoms with Gasteiger partial charge in [-0.25, -0.2) is 0 Å². The summed E-state index contributed by atoms with van der Waals surface area (Å²) in [7, 11) is 0. The van der Waals surface area contributed by atoms with Crippen molar-refractivity contribution in [3.63, 3.8) is 0 Å². The lowest BCUT2D eigenvalue weighted by Gasteiger charge is -2.16. The Morgan fingerprint density at radius 3 is 2.43 bits per heavy atom. The molecule has 1 aromatic heterocycles. The maximum Gasteiger partial charge on any atom is 0.180 e. The number of hydrogen-bond acceptors (Lipinski definition) is 4. The van der Waals surface area contributed by atoms with Gasteiger partial charge in [0, 0.05) is 30.5 Å². The van der Waals surface area contributed by atoms with Crippen molar-refractivity contribution in [3.8, 4) is 11.5 Å². The van der Waals surface area contributed by atoms with Crippen LogP contribution >= 0.6 is 23.2 Å². The second-order valence-electron chi connectivity index (χ2n) is 6.22. The van der Waals surface area contributed by atoms with E-state index in [1.165, 1.54) is 0 Å². The van der Waals surface area contributed by atoms with Crippen LogP contribution in [0, 0.1) is 0 Å². The largest absolute Gasteiger partial charge is 0.490 e. The smallest absolute Gasteiger partial charge is 0.180 e. The lowest BCUT2D eigenvalue weighted by atomic mass is 10.2. The molecule has 2 aromatic carbocycles. The minimum atomic E-state index is 0.384. The summed E-state index contributed by atoms with van der Waals surface area (Å²) in [5, 5.41) is 4.61. The van der Waals surface area contributed by atoms with Crippen LogP contribution in [0.5, 0.6) is 11.5 Å². The van der Waals surface area contributed by atoms with Crippen LogP contribution in [0.25, 0.3) is 0 Å². The molecule has 0 aliphatic carbocycles. The average molecular weight is 417 g/mol. The Labute approximate surface area is 175 Å². The van der Waals surface area contributed by atoms with E-state index in [2.05, 4.69) is 10.3 Å². The number of nitrogens with one attached hydrogen (secondary N) is 1. The van der Waals surface area contributed by atoms with Gasteiger partial charge in [-0.15, -0.1) is 0 Å². The van der Waals surface area contributed by atoms with Gasteiger partial charge in [0.1, 0.15) is 6.61 Å². The van der Waals surface area contributed by atoms with Gasteiger partial charge >= 0.3 is 0 Å². The summed E-state index contributed by atoms with van der Waals surface area (Å²) < 4.78 is 11.7. The van der Waals surface area contributed by atoms with E-state index in [-0.39, 0.29) is 0 Å². The lowest BCUT2D eigenvalue weighted by molar-refractivity contribution is 0.269. The van der Waals surface area contributed by atoms with E-state index >= 15 is 0 Å². The van der Waals surface area contributed by atoms with Crippen molar-refractivity contribution >= 4 is 23.2 Å². The van der Waals surface area contributed by atoms with Crippen molar-refractivity contribution in [1.82, 2.24) is 10.3 Å². The van der Waals surface area contributed by atoms with Gasteiger partial charge in [-0.3, -0.25) is 4.98 Å². The second kappa shape index (κ2) is 10.3. The Bertz CT molecular complexity index is 887. The molecule has 0 saturated carbocycles. The number of aromatic nitrogens is 1. The van der Waals surface area contributed by atoms with Crippen LogP contribution in [0.1, 0.15) is 23.6 Å². The minimum Gasteiger partial charge on any atom is -0.490 e. The highest BCUT2D eigenvalue weighted by atomic mass is 35.5. The molecule has 0 aliphatic heterocycles.